The molecule has 0 aliphatic heterocycles. The molecule has 0 aliphatic carbocycles. The van der Waals surface area contributed by atoms with Crippen LogP contribution in [0, 0.1) is 0 Å². The van der Waals surface area contributed by atoms with Crippen LogP contribution in [0.1, 0.15) is 10.4 Å². The molecule has 2 aromatic rings. The van der Waals surface area contributed by atoms with E-state index in [1.54, 1.807) is 0 Å². The highest BCUT2D eigenvalue weighted by Gasteiger charge is 2.20. The third-order valence-corrected chi connectivity index (χ3v) is 5.21. The van der Waals surface area contributed by atoms with Gasteiger partial charge < -0.3 is 15.5 Å². The Balaban J connectivity index is 2.24. The topological polar surface area (TPSA) is 69.6 Å². The van der Waals surface area contributed by atoms with E-state index in [0.717, 1.165) is 6.07 Å². The van der Waals surface area contributed by atoms with Crippen molar-refractivity contribution in [2.75, 3.05) is 11.9 Å². The number of phenolic OH excluding ortho intramolecular Hbond substituents is 2. The van der Waals surface area contributed by atoms with E-state index >= 15 is 0 Å². The van der Waals surface area contributed by atoms with Gasteiger partial charge in [0.05, 0.1) is 37.3 Å². The van der Waals surface area contributed by atoms with E-state index in [4.69, 9.17) is 58.0 Å². The fourth-order valence-electron chi connectivity index (χ4n) is 1.73. The quantitative estimate of drug-likeness (QED) is 0.261. The molecule has 0 spiro atoms. The number of benzene rings is 2. The van der Waals surface area contributed by atoms with Crippen LogP contribution in [0.2, 0.25) is 25.1 Å². The lowest BCUT2D eigenvalue weighted by Gasteiger charge is -2.14. The molecule has 2 rings (SSSR count). The van der Waals surface area contributed by atoms with Gasteiger partial charge in [0.25, 0.3) is 0 Å². The fourth-order valence-corrected chi connectivity index (χ4v) is 3.00. The fraction of sp³-hybridized carbons (Fsp3) is 0.0714. The first-order valence-corrected chi connectivity index (χ1v) is 7.93. The van der Waals surface area contributed by atoms with Crippen LogP contribution in [0.25, 0.3) is 0 Å². The summed E-state index contributed by atoms with van der Waals surface area (Å²) in [5.74, 6) is -1.10. The Bertz CT molecular complexity index is 765. The van der Waals surface area contributed by atoms with Gasteiger partial charge in [-0.15, -0.1) is 0 Å². The third kappa shape index (κ3) is 3.73. The number of anilines is 1. The summed E-state index contributed by atoms with van der Waals surface area (Å²) < 4.78 is 0. The number of Topliss-reactive ketones (excluding diaryl/α,β-unsaturated/α-hetero) is 1. The summed E-state index contributed by atoms with van der Waals surface area (Å²) in [6, 6.07) is 3.72. The Morgan fingerprint density at radius 2 is 1.39 bits per heavy atom. The van der Waals surface area contributed by atoms with Crippen LogP contribution in [-0.4, -0.2) is 22.5 Å². The number of carbonyl (C=O) groups excluding carboxylic acids is 1. The van der Waals surface area contributed by atoms with Gasteiger partial charge in [-0.05, 0) is 18.2 Å². The molecule has 122 valence electrons. The SMILES string of the molecule is O=C(CNc1c(Cl)c(Cl)c(Cl)c(Cl)c1Cl)c1ccc(O)c(O)c1. The third-order valence-electron chi connectivity index (χ3n) is 2.93. The molecule has 23 heavy (non-hydrogen) atoms. The first kappa shape index (κ1) is 18.3. The minimum Gasteiger partial charge on any atom is -0.504 e. The Kier molecular flexibility index (Phi) is 5.76. The summed E-state index contributed by atoms with van der Waals surface area (Å²) in [7, 11) is 0. The van der Waals surface area contributed by atoms with Crippen molar-refractivity contribution in [2.24, 2.45) is 0 Å². The highest BCUT2D eigenvalue weighted by Crippen LogP contribution is 2.46. The lowest BCUT2D eigenvalue weighted by molar-refractivity contribution is 0.101. The van der Waals surface area contributed by atoms with Crippen LogP contribution >= 0.6 is 58.0 Å². The average Bonchev–Trinajstić information content (AvgIpc) is 2.53. The van der Waals surface area contributed by atoms with Crippen molar-refractivity contribution in [1.29, 1.82) is 0 Å². The minimum absolute atomic E-state index is 0.0139. The summed E-state index contributed by atoms with van der Waals surface area (Å²) >= 11 is 29.8. The number of hydrogen-bond donors (Lipinski definition) is 3. The van der Waals surface area contributed by atoms with E-state index in [0.29, 0.717) is 0 Å². The molecule has 0 amide bonds. The predicted octanol–water partition coefficient (Wildman–Crippen LogP) is 5.66. The van der Waals surface area contributed by atoms with E-state index in [1.165, 1.54) is 12.1 Å². The normalized spacial score (nSPS) is 10.7. The van der Waals surface area contributed by atoms with Gasteiger partial charge in [0, 0.05) is 5.56 Å². The second-order valence-corrected chi connectivity index (χ2v) is 6.31. The number of phenols is 2. The van der Waals surface area contributed by atoms with E-state index in [9.17, 15) is 15.0 Å². The van der Waals surface area contributed by atoms with Gasteiger partial charge in [-0.3, -0.25) is 4.79 Å². The molecule has 0 unspecified atom stereocenters. The number of hydrogen-bond acceptors (Lipinski definition) is 4. The summed E-state index contributed by atoms with van der Waals surface area (Å²) in [6.45, 7) is -0.196. The van der Waals surface area contributed by atoms with Crippen molar-refractivity contribution in [3.8, 4) is 11.5 Å². The van der Waals surface area contributed by atoms with Crippen LogP contribution in [0.5, 0.6) is 11.5 Å². The first-order valence-electron chi connectivity index (χ1n) is 6.04. The Hall–Kier alpha value is -1.04. The van der Waals surface area contributed by atoms with Gasteiger partial charge in [0.2, 0.25) is 0 Å². The molecule has 0 radical (unpaired) electrons. The van der Waals surface area contributed by atoms with Crippen LogP contribution in [0.4, 0.5) is 5.69 Å². The Labute approximate surface area is 156 Å². The van der Waals surface area contributed by atoms with Gasteiger partial charge in [-0.1, -0.05) is 58.0 Å². The summed E-state index contributed by atoms with van der Waals surface area (Å²) in [4.78, 5) is 12.1. The molecule has 0 bridgehead atoms. The van der Waals surface area contributed by atoms with Crippen LogP contribution in [0.3, 0.4) is 0 Å². The van der Waals surface area contributed by atoms with Crippen molar-refractivity contribution >= 4 is 69.5 Å². The first-order chi connectivity index (χ1) is 10.7. The zero-order valence-corrected chi connectivity index (χ0v) is 14.9. The van der Waals surface area contributed by atoms with Crippen molar-refractivity contribution < 1.29 is 15.0 Å². The van der Waals surface area contributed by atoms with E-state index in [2.05, 4.69) is 5.32 Å². The lowest BCUT2D eigenvalue weighted by Crippen LogP contribution is -2.14. The maximum absolute atomic E-state index is 12.1. The highest BCUT2D eigenvalue weighted by atomic mass is 35.5. The van der Waals surface area contributed by atoms with Crippen molar-refractivity contribution in [2.45, 2.75) is 0 Å². The standard InChI is InChI=1S/C14H8Cl5NO3/c15-9-10(16)12(18)14(13(19)11(9)17)20-4-8(23)5-1-2-6(21)7(22)3-5/h1-3,20-22H,4H2. The number of aromatic hydroxyl groups is 2. The van der Waals surface area contributed by atoms with Crippen LogP contribution in [0.15, 0.2) is 18.2 Å². The monoisotopic (exact) mass is 413 g/mol. The molecule has 0 fully saturated rings. The molecular formula is C14H8Cl5NO3. The molecule has 0 saturated carbocycles. The second kappa shape index (κ2) is 7.24. The second-order valence-electron chi connectivity index (χ2n) is 4.43. The van der Waals surface area contributed by atoms with Gasteiger partial charge >= 0.3 is 0 Å². The largest absolute Gasteiger partial charge is 0.504 e. The molecule has 3 N–H and O–H groups in total. The Morgan fingerprint density at radius 3 is 1.91 bits per heavy atom. The maximum Gasteiger partial charge on any atom is 0.181 e. The molecule has 9 heteroatoms. The molecular weight excluding hydrogens is 407 g/mol. The highest BCUT2D eigenvalue weighted by molar-refractivity contribution is 6.56. The van der Waals surface area contributed by atoms with E-state index in [1.807, 2.05) is 0 Å². The molecule has 2 aromatic carbocycles. The van der Waals surface area contributed by atoms with Gasteiger partial charge in [-0.25, -0.2) is 0 Å². The molecule has 0 atom stereocenters. The van der Waals surface area contributed by atoms with Crippen molar-refractivity contribution in [1.82, 2.24) is 0 Å². The smallest absolute Gasteiger partial charge is 0.181 e. The van der Waals surface area contributed by atoms with Gasteiger partial charge in [0.15, 0.2) is 17.3 Å². The minimum atomic E-state index is -0.399. The summed E-state index contributed by atoms with van der Waals surface area (Å²) in [5.41, 5.74) is 0.357. The van der Waals surface area contributed by atoms with Crippen LogP contribution < -0.4 is 5.32 Å². The van der Waals surface area contributed by atoms with Crippen molar-refractivity contribution in [3.63, 3.8) is 0 Å². The van der Waals surface area contributed by atoms with E-state index < -0.39 is 5.75 Å². The van der Waals surface area contributed by atoms with Gasteiger partial charge in [0.1, 0.15) is 0 Å². The Morgan fingerprint density at radius 1 is 0.870 bits per heavy atom. The molecule has 4 nitrogen and oxygen atoms in total. The number of carbonyl (C=O) groups is 1. The number of ketones is 1. The molecule has 0 aliphatic rings. The number of rotatable bonds is 4. The number of halogens is 5. The van der Waals surface area contributed by atoms with E-state index in [-0.39, 0.29) is 54.4 Å². The number of nitrogens with one attached hydrogen (secondary N) is 1. The average molecular weight is 415 g/mol. The predicted molar refractivity (Wildman–Crippen MR) is 94.1 cm³/mol. The maximum atomic E-state index is 12.1. The zero-order valence-electron chi connectivity index (χ0n) is 11.1. The zero-order chi connectivity index (χ0) is 17.3. The van der Waals surface area contributed by atoms with Crippen molar-refractivity contribution in [3.05, 3.63) is 48.9 Å². The lowest BCUT2D eigenvalue weighted by atomic mass is 10.1. The molecule has 0 heterocycles. The van der Waals surface area contributed by atoms with Gasteiger partial charge in [-0.2, -0.15) is 0 Å². The summed E-state index contributed by atoms with van der Waals surface area (Å²) in [5, 5.41) is 21.5. The molecule has 0 aromatic heterocycles. The molecule has 0 saturated heterocycles. The van der Waals surface area contributed by atoms with Crippen LogP contribution in [-0.2, 0) is 0 Å². The summed E-state index contributed by atoms with van der Waals surface area (Å²) in [6.07, 6.45) is 0.